The van der Waals surface area contributed by atoms with E-state index >= 15 is 0 Å². The number of piperidine rings is 1. The van der Waals surface area contributed by atoms with Crippen LogP contribution in [0, 0.1) is 6.92 Å². The summed E-state index contributed by atoms with van der Waals surface area (Å²) in [4.78, 5) is 26.2. The molecule has 1 aromatic rings. The van der Waals surface area contributed by atoms with E-state index < -0.39 is 0 Å². The van der Waals surface area contributed by atoms with Crippen LogP contribution >= 0.6 is 0 Å². The third-order valence-electron chi connectivity index (χ3n) is 4.56. The molecule has 0 saturated carbocycles. The smallest absolute Gasteiger partial charge is 0.223 e. The van der Waals surface area contributed by atoms with E-state index in [1.807, 2.05) is 11.0 Å². The molecule has 24 heavy (non-hydrogen) atoms. The summed E-state index contributed by atoms with van der Waals surface area (Å²) in [7, 11) is 0. The molecule has 5 nitrogen and oxygen atoms in total. The second-order valence-corrected chi connectivity index (χ2v) is 6.57. The molecule has 2 amide bonds. The van der Waals surface area contributed by atoms with E-state index in [0.717, 1.165) is 32.2 Å². The number of rotatable bonds is 7. The van der Waals surface area contributed by atoms with Crippen molar-refractivity contribution in [2.75, 3.05) is 19.6 Å². The molecule has 1 atom stereocenters. The molecule has 2 rings (SSSR count). The minimum atomic E-state index is -0.0322. The van der Waals surface area contributed by atoms with Crippen LogP contribution in [0.3, 0.4) is 0 Å². The number of benzene rings is 1. The highest BCUT2D eigenvalue weighted by atomic mass is 16.2. The first-order valence-corrected chi connectivity index (χ1v) is 8.92. The average Bonchev–Trinajstić information content (AvgIpc) is 2.58. The van der Waals surface area contributed by atoms with Gasteiger partial charge in [0.05, 0.1) is 0 Å². The van der Waals surface area contributed by atoms with Gasteiger partial charge in [-0.05, 0) is 38.2 Å². The molecule has 1 saturated heterocycles. The standard InChI is InChI=1S/C19H29N3O2/c1-15-5-4-6-16(13-15)8-9-19(24)22-12-3-2-7-17(22)14-21-18(23)10-11-20/h4-6,13,17H,2-3,7-12,14,20H2,1H3,(H,21,23). The molecule has 0 spiro atoms. The van der Waals surface area contributed by atoms with Crippen LogP contribution in [-0.2, 0) is 16.0 Å². The lowest BCUT2D eigenvalue weighted by molar-refractivity contribution is -0.135. The van der Waals surface area contributed by atoms with Gasteiger partial charge in [0.1, 0.15) is 0 Å². The maximum absolute atomic E-state index is 12.6. The van der Waals surface area contributed by atoms with Crippen molar-refractivity contribution in [1.82, 2.24) is 10.2 Å². The van der Waals surface area contributed by atoms with Gasteiger partial charge < -0.3 is 16.0 Å². The maximum Gasteiger partial charge on any atom is 0.223 e. The molecule has 1 aliphatic rings. The quantitative estimate of drug-likeness (QED) is 0.799. The number of nitrogens with one attached hydrogen (secondary N) is 1. The summed E-state index contributed by atoms with van der Waals surface area (Å²) in [5, 5.41) is 2.91. The highest BCUT2D eigenvalue weighted by Gasteiger charge is 2.26. The van der Waals surface area contributed by atoms with Gasteiger partial charge in [0.2, 0.25) is 11.8 Å². The third-order valence-corrected chi connectivity index (χ3v) is 4.56. The number of hydrogen-bond donors (Lipinski definition) is 2. The predicted molar refractivity (Wildman–Crippen MR) is 95.5 cm³/mol. The fourth-order valence-corrected chi connectivity index (χ4v) is 3.25. The Morgan fingerprint density at radius 2 is 2.12 bits per heavy atom. The van der Waals surface area contributed by atoms with E-state index in [2.05, 4.69) is 30.4 Å². The van der Waals surface area contributed by atoms with E-state index in [1.165, 1.54) is 11.1 Å². The number of carbonyl (C=O) groups excluding carboxylic acids is 2. The molecule has 0 aliphatic carbocycles. The van der Waals surface area contributed by atoms with Gasteiger partial charge in [0, 0.05) is 38.5 Å². The Bertz CT molecular complexity index is 559. The molecule has 0 bridgehead atoms. The number of aryl methyl sites for hydroxylation is 2. The Labute approximate surface area is 144 Å². The summed E-state index contributed by atoms with van der Waals surface area (Å²) in [5.41, 5.74) is 7.82. The number of nitrogens with zero attached hydrogens (tertiary/aromatic N) is 1. The fourth-order valence-electron chi connectivity index (χ4n) is 3.25. The molecular weight excluding hydrogens is 302 g/mol. The predicted octanol–water partition coefficient (Wildman–Crippen LogP) is 1.77. The normalized spacial score (nSPS) is 17.6. The van der Waals surface area contributed by atoms with E-state index in [1.54, 1.807) is 0 Å². The zero-order valence-electron chi connectivity index (χ0n) is 14.6. The van der Waals surface area contributed by atoms with Crippen LogP contribution in [0.25, 0.3) is 0 Å². The first kappa shape index (κ1) is 18.5. The third kappa shape index (κ3) is 5.64. The van der Waals surface area contributed by atoms with Crippen LogP contribution in [0.4, 0.5) is 0 Å². The molecule has 1 aromatic carbocycles. The Kier molecular flexibility index (Phi) is 7.25. The Hall–Kier alpha value is -1.88. The number of hydrogen-bond acceptors (Lipinski definition) is 3. The molecule has 132 valence electrons. The summed E-state index contributed by atoms with van der Waals surface area (Å²) < 4.78 is 0. The fraction of sp³-hybridized carbons (Fsp3) is 0.579. The molecule has 1 heterocycles. The largest absolute Gasteiger partial charge is 0.354 e. The summed E-state index contributed by atoms with van der Waals surface area (Å²) >= 11 is 0. The molecule has 1 unspecified atom stereocenters. The highest BCUT2D eigenvalue weighted by Crippen LogP contribution is 2.18. The lowest BCUT2D eigenvalue weighted by Gasteiger charge is -2.36. The van der Waals surface area contributed by atoms with Gasteiger partial charge in [-0.3, -0.25) is 9.59 Å². The highest BCUT2D eigenvalue weighted by molar-refractivity contribution is 5.78. The van der Waals surface area contributed by atoms with E-state index in [4.69, 9.17) is 5.73 Å². The topological polar surface area (TPSA) is 75.4 Å². The minimum absolute atomic E-state index is 0.0322. The number of carbonyl (C=O) groups is 2. The Balaban J connectivity index is 1.86. The van der Waals surface area contributed by atoms with Gasteiger partial charge >= 0.3 is 0 Å². The Morgan fingerprint density at radius 3 is 2.88 bits per heavy atom. The number of amides is 2. The molecule has 5 heteroatoms. The van der Waals surface area contributed by atoms with E-state index in [-0.39, 0.29) is 17.9 Å². The summed E-state index contributed by atoms with van der Waals surface area (Å²) in [6, 6.07) is 8.42. The molecule has 3 N–H and O–H groups in total. The van der Waals surface area contributed by atoms with Gasteiger partial charge in [0.25, 0.3) is 0 Å². The summed E-state index contributed by atoms with van der Waals surface area (Å²) in [6.07, 6.45) is 4.75. The first-order valence-electron chi connectivity index (χ1n) is 8.92. The van der Waals surface area contributed by atoms with Gasteiger partial charge in [-0.25, -0.2) is 0 Å². The van der Waals surface area contributed by atoms with Crippen LogP contribution in [0.5, 0.6) is 0 Å². The molecule has 1 aliphatic heterocycles. The Morgan fingerprint density at radius 1 is 1.29 bits per heavy atom. The minimum Gasteiger partial charge on any atom is -0.354 e. The van der Waals surface area contributed by atoms with E-state index in [9.17, 15) is 9.59 Å². The molecule has 0 radical (unpaired) electrons. The number of likely N-dealkylation sites (tertiary alicyclic amines) is 1. The van der Waals surface area contributed by atoms with Crippen molar-refractivity contribution in [3.05, 3.63) is 35.4 Å². The lowest BCUT2D eigenvalue weighted by Crippen LogP contribution is -2.49. The van der Waals surface area contributed by atoms with Crippen molar-refractivity contribution in [3.63, 3.8) is 0 Å². The van der Waals surface area contributed by atoms with Crippen LogP contribution in [-0.4, -0.2) is 42.4 Å². The molecule has 0 aromatic heterocycles. The van der Waals surface area contributed by atoms with Gasteiger partial charge in [-0.15, -0.1) is 0 Å². The van der Waals surface area contributed by atoms with Crippen molar-refractivity contribution < 1.29 is 9.59 Å². The number of nitrogens with two attached hydrogens (primary N) is 1. The summed E-state index contributed by atoms with van der Waals surface area (Å²) in [6.45, 7) is 3.75. The maximum atomic E-state index is 12.6. The van der Waals surface area contributed by atoms with Gasteiger partial charge in [-0.2, -0.15) is 0 Å². The monoisotopic (exact) mass is 331 g/mol. The van der Waals surface area contributed by atoms with Crippen molar-refractivity contribution in [1.29, 1.82) is 0 Å². The van der Waals surface area contributed by atoms with Crippen molar-refractivity contribution in [2.24, 2.45) is 5.73 Å². The van der Waals surface area contributed by atoms with E-state index in [0.29, 0.717) is 25.9 Å². The van der Waals surface area contributed by atoms with Crippen molar-refractivity contribution in [2.45, 2.75) is 51.5 Å². The SMILES string of the molecule is Cc1cccc(CCC(=O)N2CCCCC2CNC(=O)CCN)c1. The zero-order valence-corrected chi connectivity index (χ0v) is 14.6. The average molecular weight is 331 g/mol. The van der Waals surface area contributed by atoms with Crippen LogP contribution < -0.4 is 11.1 Å². The second kappa shape index (κ2) is 9.42. The van der Waals surface area contributed by atoms with Crippen molar-refractivity contribution in [3.8, 4) is 0 Å². The summed E-state index contributed by atoms with van der Waals surface area (Å²) in [5.74, 6) is 0.157. The van der Waals surface area contributed by atoms with Crippen LogP contribution in [0.1, 0.15) is 43.2 Å². The van der Waals surface area contributed by atoms with Crippen LogP contribution in [0.2, 0.25) is 0 Å². The van der Waals surface area contributed by atoms with Gasteiger partial charge in [0.15, 0.2) is 0 Å². The van der Waals surface area contributed by atoms with Gasteiger partial charge in [-0.1, -0.05) is 29.8 Å². The molecular formula is C19H29N3O2. The molecule has 1 fully saturated rings. The van der Waals surface area contributed by atoms with Crippen molar-refractivity contribution >= 4 is 11.8 Å². The second-order valence-electron chi connectivity index (χ2n) is 6.57. The lowest BCUT2D eigenvalue weighted by atomic mass is 10.00. The van der Waals surface area contributed by atoms with Crippen LogP contribution in [0.15, 0.2) is 24.3 Å². The zero-order chi connectivity index (χ0) is 17.4. The first-order chi connectivity index (χ1) is 11.6.